The summed E-state index contributed by atoms with van der Waals surface area (Å²) < 4.78 is 0. The van der Waals surface area contributed by atoms with Crippen LogP contribution in [0.25, 0.3) is 0 Å². The van der Waals surface area contributed by atoms with Crippen molar-refractivity contribution in [2.75, 3.05) is 45.1 Å². The molecule has 0 saturated carbocycles. The third kappa shape index (κ3) is 3.68. The van der Waals surface area contributed by atoms with Crippen molar-refractivity contribution in [2.45, 2.75) is 13.0 Å². The first-order chi connectivity index (χ1) is 8.25. The number of nitrogens with one attached hydrogen (secondary N) is 1. The molecule has 0 aromatic carbocycles. The Morgan fingerprint density at radius 1 is 1.29 bits per heavy atom. The van der Waals surface area contributed by atoms with Gasteiger partial charge in [-0.15, -0.1) is 0 Å². The summed E-state index contributed by atoms with van der Waals surface area (Å²) in [6.07, 6.45) is 1.82. The molecule has 1 saturated heterocycles. The lowest BCUT2D eigenvalue weighted by atomic mass is 10.2. The second kappa shape index (κ2) is 5.98. The van der Waals surface area contributed by atoms with Crippen molar-refractivity contribution >= 4 is 5.82 Å². The lowest BCUT2D eigenvalue weighted by molar-refractivity contribution is 0.123. The van der Waals surface area contributed by atoms with Crippen LogP contribution >= 0.6 is 0 Å². The Kier molecular flexibility index (Phi) is 4.34. The van der Waals surface area contributed by atoms with Gasteiger partial charge in [-0.05, 0) is 26.1 Å². The van der Waals surface area contributed by atoms with Crippen LogP contribution in [0.5, 0.6) is 0 Å². The zero-order valence-corrected chi connectivity index (χ0v) is 10.8. The fourth-order valence-electron chi connectivity index (χ4n) is 2.11. The largest absolute Gasteiger partial charge is 0.369 e. The number of anilines is 1. The van der Waals surface area contributed by atoms with Crippen LogP contribution in [0.3, 0.4) is 0 Å². The second-order valence-electron chi connectivity index (χ2n) is 4.78. The molecule has 1 fully saturated rings. The SMILES string of the molecule is C[C@H](CNc1ccccn1)N1CCN(C)CC1. The summed E-state index contributed by atoms with van der Waals surface area (Å²) in [6.45, 7) is 7.92. The fraction of sp³-hybridized carbons (Fsp3) is 0.615. The third-order valence-electron chi connectivity index (χ3n) is 3.40. The van der Waals surface area contributed by atoms with Crippen LogP contribution in [0, 0.1) is 0 Å². The van der Waals surface area contributed by atoms with Crippen molar-refractivity contribution in [3.05, 3.63) is 24.4 Å². The van der Waals surface area contributed by atoms with Crippen molar-refractivity contribution in [1.82, 2.24) is 14.8 Å². The third-order valence-corrected chi connectivity index (χ3v) is 3.40. The number of rotatable bonds is 4. The summed E-state index contributed by atoms with van der Waals surface area (Å²) >= 11 is 0. The summed E-state index contributed by atoms with van der Waals surface area (Å²) in [6, 6.07) is 6.52. The maximum Gasteiger partial charge on any atom is 0.125 e. The van der Waals surface area contributed by atoms with Crippen molar-refractivity contribution in [1.29, 1.82) is 0 Å². The molecule has 2 rings (SSSR count). The van der Waals surface area contributed by atoms with Gasteiger partial charge in [0.05, 0.1) is 0 Å². The van der Waals surface area contributed by atoms with E-state index in [1.807, 2.05) is 24.4 Å². The molecule has 0 unspecified atom stereocenters. The summed E-state index contributed by atoms with van der Waals surface area (Å²) in [5, 5.41) is 3.39. The molecule has 4 heteroatoms. The normalized spacial score (nSPS) is 20.1. The van der Waals surface area contributed by atoms with Crippen LogP contribution in [0.4, 0.5) is 5.82 Å². The number of nitrogens with zero attached hydrogens (tertiary/aromatic N) is 3. The van der Waals surface area contributed by atoms with Gasteiger partial charge >= 0.3 is 0 Å². The minimum absolute atomic E-state index is 0.561. The van der Waals surface area contributed by atoms with E-state index in [1.54, 1.807) is 0 Å². The van der Waals surface area contributed by atoms with Crippen molar-refractivity contribution in [3.8, 4) is 0 Å². The molecule has 1 atom stereocenters. The minimum atomic E-state index is 0.561. The van der Waals surface area contributed by atoms with E-state index in [4.69, 9.17) is 0 Å². The molecule has 0 amide bonds. The number of piperazine rings is 1. The molecule has 17 heavy (non-hydrogen) atoms. The van der Waals surface area contributed by atoms with Gasteiger partial charge in [-0.1, -0.05) is 6.07 Å². The molecule has 0 bridgehead atoms. The predicted octanol–water partition coefficient (Wildman–Crippen LogP) is 1.13. The molecule has 0 radical (unpaired) electrons. The van der Waals surface area contributed by atoms with E-state index in [1.165, 1.54) is 26.2 Å². The molecule has 94 valence electrons. The van der Waals surface area contributed by atoms with Gasteiger partial charge in [-0.25, -0.2) is 4.98 Å². The molecular weight excluding hydrogens is 212 g/mol. The zero-order valence-electron chi connectivity index (χ0n) is 10.8. The van der Waals surface area contributed by atoms with E-state index in [-0.39, 0.29) is 0 Å². The highest BCUT2D eigenvalue weighted by Crippen LogP contribution is 2.06. The average molecular weight is 234 g/mol. The van der Waals surface area contributed by atoms with E-state index in [0.717, 1.165) is 12.4 Å². The molecule has 0 spiro atoms. The maximum absolute atomic E-state index is 4.27. The Balaban J connectivity index is 1.75. The van der Waals surface area contributed by atoms with Gasteiger partial charge in [0.2, 0.25) is 0 Å². The summed E-state index contributed by atoms with van der Waals surface area (Å²) in [5.41, 5.74) is 0. The van der Waals surface area contributed by atoms with Crippen molar-refractivity contribution in [3.63, 3.8) is 0 Å². The standard InChI is InChI=1S/C13H22N4/c1-12(17-9-7-16(2)8-10-17)11-15-13-5-3-4-6-14-13/h3-6,12H,7-11H2,1-2H3,(H,14,15)/t12-/m1/s1. The molecule has 2 heterocycles. The molecule has 4 nitrogen and oxygen atoms in total. The number of pyridine rings is 1. The maximum atomic E-state index is 4.27. The second-order valence-corrected chi connectivity index (χ2v) is 4.78. The quantitative estimate of drug-likeness (QED) is 0.846. The molecule has 1 aromatic heterocycles. The van der Waals surface area contributed by atoms with E-state index < -0.39 is 0 Å². The smallest absolute Gasteiger partial charge is 0.125 e. The predicted molar refractivity (Wildman–Crippen MR) is 71.3 cm³/mol. The monoisotopic (exact) mass is 234 g/mol. The fourth-order valence-corrected chi connectivity index (χ4v) is 2.11. The molecule has 1 aliphatic heterocycles. The first-order valence-electron chi connectivity index (χ1n) is 6.33. The van der Waals surface area contributed by atoms with Gasteiger partial charge in [0.25, 0.3) is 0 Å². The Bertz CT molecular complexity index is 319. The summed E-state index contributed by atoms with van der Waals surface area (Å²) in [7, 11) is 2.19. The first kappa shape index (κ1) is 12.3. The molecule has 0 aliphatic carbocycles. The van der Waals surface area contributed by atoms with E-state index >= 15 is 0 Å². The minimum Gasteiger partial charge on any atom is -0.369 e. The first-order valence-corrected chi connectivity index (χ1v) is 6.33. The molecule has 1 aliphatic rings. The van der Waals surface area contributed by atoms with Gasteiger partial charge in [0.15, 0.2) is 0 Å². The molecule has 1 aromatic rings. The molecular formula is C13H22N4. The highest BCUT2D eigenvalue weighted by atomic mass is 15.3. The Morgan fingerprint density at radius 2 is 2.06 bits per heavy atom. The van der Waals surface area contributed by atoms with E-state index in [9.17, 15) is 0 Å². The molecule has 1 N–H and O–H groups in total. The summed E-state index contributed by atoms with van der Waals surface area (Å²) in [4.78, 5) is 9.19. The topological polar surface area (TPSA) is 31.4 Å². The van der Waals surface area contributed by atoms with Crippen LogP contribution in [0.2, 0.25) is 0 Å². The number of hydrogen-bond donors (Lipinski definition) is 1. The van der Waals surface area contributed by atoms with Crippen LogP contribution in [-0.4, -0.2) is 60.6 Å². The van der Waals surface area contributed by atoms with Crippen molar-refractivity contribution in [2.24, 2.45) is 0 Å². The highest BCUT2D eigenvalue weighted by molar-refractivity contribution is 5.33. The lowest BCUT2D eigenvalue weighted by Crippen LogP contribution is -2.49. The van der Waals surface area contributed by atoms with Gasteiger partial charge < -0.3 is 10.2 Å². The van der Waals surface area contributed by atoms with Gasteiger partial charge in [-0.3, -0.25) is 4.90 Å². The van der Waals surface area contributed by atoms with Crippen molar-refractivity contribution < 1.29 is 0 Å². The average Bonchev–Trinajstić information content (AvgIpc) is 2.38. The zero-order chi connectivity index (χ0) is 12.1. The Hall–Kier alpha value is -1.13. The Morgan fingerprint density at radius 3 is 2.71 bits per heavy atom. The number of aromatic nitrogens is 1. The number of hydrogen-bond acceptors (Lipinski definition) is 4. The van der Waals surface area contributed by atoms with Gasteiger partial charge in [0.1, 0.15) is 5.82 Å². The Labute approximate surface area is 104 Å². The summed E-state index contributed by atoms with van der Waals surface area (Å²) in [5.74, 6) is 0.966. The van der Waals surface area contributed by atoms with E-state index in [0.29, 0.717) is 6.04 Å². The van der Waals surface area contributed by atoms with Crippen LogP contribution < -0.4 is 5.32 Å². The van der Waals surface area contributed by atoms with Gasteiger partial charge in [-0.2, -0.15) is 0 Å². The van der Waals surface area contributed by atoms with E-state index in [2.05, 4.69) is 34.1 Å². The lowest BCUT2D eigenvalue weighted by Gasteiger charge is -2.36. The van der Waals surface area contributed by atoms with Gasteiger partial charge in [0, 0.05) is 45.0 Å². The number of likely N-dealkylation sites (N-methyl/N-ethyl adjacent to an activating group) is 1. The van der Waals surface area contributed by atoms with Crippen LogP contribution in [0.15, 0.2) is 24.4 Å². The highest BCUT2D eigenvalue weighted by Gasteiger charge is 2.18. The van der Waals surface area contributed by atoms with Crippen LogP contribution in [-0.2, 0) is 0 Å². The van der Waals surface area contributed by atoms with Crippen LogP contribution in [0.1, 0.15) is 6.92 Å².